The van der Waals surface area contributed by atoms with Crippen molar-refractivity contribution in [3.8, 4) is 0 Å². The van der Waals surface area contributed by atoms with Gasteiger partial charge in [0, 0.05) is 23.6 Å². The van der Waals surface area contributed by atoms with Crippen molar-refractivity contribution in [3.63, 3.8) is 0 Å². The molecule has 3 heteroatoms. The van der Waals surface area contributed by atoms with Crippen molar-refractivity contribution in [2.75, 3.05) is 13.1 Å². The normalized spacial score (nSPS) is 22.6. The molecule has 3 nitrogen and oxygen atoms in total. The van der Waals surface area contributed by atoms with Gasteiger partial charge in [-0.3, -0.25) is 4.79 Å². The van der Waals surface area contributed by atoms with Crippen molar-refractivity contribution in [3.05, 3.63) is 35.5 Å². The lowest BCUT2D eigenvalue weighted by Crippen LogP contribution is -3.16. The van der Waals surface area contributed by atoms with Gasteiger partial charge in [-0.1, -0.05) is 18.2 Å². The van der Waals surface area contributed by atoms with E-state index in [4.69, 9.17) is 0 Å². The van der Waals surface area contributed by atoms with Gasteiger partial charge in [-0.2, -0.15) is 0 Å². The number of rotatable bonds is 3. The molecule has 0 aliphatic carbocycles. The van der Waals surface area contributed by atoms with E-state index in [2.05, 4.69) is 30.5 Å². The van der Waals surface area contributed by atoms with Crippen LogP contribution in [0.4, 0.5) is 0 Å². The molecule has 0 saturated carbocycles. The van der Waals surface area contributed by atoms with Crippen LogP contribution in [0, 0.1) is 6.92 Å². The van der Waals surface area contributed by atoms with Crippen molar-refractivity contribution < 1.29 is 9.69 Å². The van der Waals surface area contributed by atoms with E-state index in [1.54, 1.807) is 0 Å². The van der Waals surface area contributed by atoms with Gasteiger partial charge in [-0.15, -0.1) is 0 Å². The highest BCUT2D eigenvalue weighted by molar-refractivity contribution is 6.09. The molecule has 0 radical (unpaired) electrons. The van der Waals surface area contributed by atoms with Crippen LogP contribution >= 0.6 is 0 Å². The molecule has 1 aliphatic rings. The van der Waals surface area contributed by atoms with Crippen LogP contribution in [0.15, 0.2) is 24.3 Å². The topological polar surface area (TPSA) is 26.4 Å². The molecule has 2 atom stereocenters. The molecule has 1 aliphatic heterocycles. The minimum Gasteiger partial charge on any atom is -0.347 e. The van der Waals surface area contributed by atoms with Crippen molar-refractivity contribution in [2.45, 2.75) is 39.2 Å². The number of piperidine rings is 1. The first-order valence-corrected chi connectivity index (χ1v) is 8.01. The number of Topliss-reactive ketones (excluding diaryl/α,β-unsaturated/α-hetero) is 1. The van der Waals surface area contributed by atoms with Gasteiger partial charge in [0.2, 0.25) is 5.78 Å². The summed E-state index contributed by atoms with van der Waals surface area (Å²) in [5, 5.41) is 1.10. The van der Waals surface area contributed by atoms with Crippen LogP contribution in [0.25, 0.3) is 10.9 Å². The Labute approximate surface area is 126 Å². The number of ketones is 1. The van der Waals surface area contributed by atoms with E-state index in [9.17, 15) is 4.79 Å². The lowest BCUT2D eigenvalue weighted by Gasteiger charge is -2.29. The van der Waals surface area contributed by atoms with Crippen LogP contribution in [-0.4, -0.2) is 29.5 Å². The number of hydrogen-bond acceptors (Lipinski definition) is 1. The number of aromatic nitrogens is 1. The largest absolute Gasteiger partial charge is 0.347 e. The van der Waals surface area contributed by atoms with Gasteiger partial charge in [0.1, 0.15) is 6.54 Å². The fourth-order valence-corrected chi connectivity index (χ4v) is 3.68. The number of hydrogen-bond donors (Lipinski definition) is 1. The third-order valence-electron chi connectivity index (χ3n) is 5.15. The number of nitrogens with zero attached hydrogens (tertiary/aromatic N) is 1. The number of benzene rings is 1. The first-order chi connectivity index (χ1) is 10.1. The number of aryl methyl sites for hydroxylation is 1. The van der Waals surface area contributed by atoms with Gasteiger partial charge in [-0.05, 0) is 39.2 Å². The highest BCUT2D eigenvalue weighted by atomic mass is 16.1. The Bertz CT molecular complexity index is 671. The highest BCUT2D eigenvalue weighted by Crippen LogP contribution is 2.24. The summed E-state index contributed by atoms with van der Waals surface area (Å²) >= 11 is 0. The zero-order valence-electron chi connectivity index (χ0n) is 13.3. The maximum absolute atomic E-state index is 12.9. The monoisotopic (exact) mass is 285 g/mol. The van der Waals surface area contributed by atoms with E-state index >= 15 is 0 Å². The first kappa shape index (κ1) is 14.3. The number of para-hydroxylation sites is 1. The van der Waals surface area contributed by atoms with Crippen LogP contribution in [0.3, 0.4) is 0 Å². The molecule has 1 saturated heterocycles. The third-order valence-corrected chi connectivity index (χ3v) is 5.15. The number of likely N-dealkylation sites (tertiary alicyclic amines) is 1. The summed E-state index contributed by atoms with van der Waals surface area (Å²) in [4.78, 5) is 14.3. The van der Waals surface area contributed by atoms with Gasteiger partial charge in [0.05, 0.1) is 18.2 Å². The maximum Gasteiger partial charge on any atom is 0.219 e. The van der Waals surface area contributed by atoms with E-state index in [1.165, 1.54) is 24.2 Å². The highest BCUT2D eigenvalue weighted by Gasteiger charge is 2.27. The van der Waals surface area contributed by atoms with E-state index in [1.807, 2.05) is 19.2 Å². The van der Waals surface area contributed by atoms with Gasteiger partial charge < -0.3 is 9.47 Å². The summed E-state index contributed by atoms with van der Waals surface area (Å²) in [5.74, 6) is 0.299. The predicted octanol–water partition coefficient (Wildman–Crippen LogP) is 2.13. The van der Waals surface area contributed by atoms with Crippen molar-refractivity contribution in [2.24, 2.45) is 7.05 Å². The van der Waals surface area contributed by atoms with Crippen molar-refractivity contribution >= 4 is 16.7 Å². The molecular formula is C18H25N2O+. The Kier molecular flexibility index (Phi) is 3.85. The summed E-state index contributed by atoms with van der Waals surface area (Å²) in [7, 11) is 2.05. The Morgan fingerprint density at radius 2 is 2.10 bits per heavy atom. The van der Waals surface area contributed by atoms with Crippen LogP contribution in [0.5, 0.6) is 0 Å². The van der Waals surface area contributed by atoms with Crippen molar-refractivity contribution in [1.82, 2.24) is 4.57 Å². The Morgan fingerprint density at radius 1 is 1.33 bits per heavy atom. The first-order valence-electron chi connectivity index (χ1n) is 8.01. The molecule has 21 heavy (non-hydrogen) atoms. The molecule has 1 unspecified atom stereocenters. The third kappa shape index (κ3) is 2.51. The quantitative estimate of drug-likeness (QED) is 0.859. The Morgan fingerprint density at radius 3 is 2.86 bits per heavy atom. The van der Waals surface area contributed by atoms with Crippen LogP contribution in [0.1, 0.15) is 42.2 Å². The molecule has 112 valence electrons. The number of nitrogens with one attached hydrogen (secondary N) is 1. The van der Waals surface area contributed by atoms with E-state index in [0.717, 1.165) is 28.7 Å². The fraction of sp³-hybridized carbons (Fsp3) is 0.500. The number of carbonyl (C=O) groups excluding carboxylic acids is 1. The molecular weight excluding hydrogens is 260 g/mol. The fourth-order valence-electron chi connectivity index (χ4n) is 3.68. The summed E-state index contributed by atoms with van der Waals surface area (Å²) in [6.07, 6.45) is 3.81. The van der Waals surface area contributed by atoms with Crippen molar-refractivity contribution in [1.29, 1.82) is 0 Å². The van der Waals surface area contributed by atoms with E-state index in [-0.39, 0.29) is 0 Å². The number of quaternary nitrogens is 1. The Hall–Kier alpha value is -1.61. The zero-order chi connectivity index (χ0) is 15.0. The summed E-state index contributed by atoms with van der Waals surface area (Å²) < 4.78 is 2.14. The minimum atomic E-state index is 0.299. The second-order valence-electron chi connectivity index (χ2n) is 6.44. The van der Waals surface area contributed by atoms with Gasteiger partial charge in [0.25, 0.3) is 0 Å². The molecule has 3 rings (SSSR count). The smallest absolute Gasteiger partial charge is 0.219 e. The lowest BCUT2D eigenvalue weighted by atomic mass is 10.0. The minimum absolute atomic E-state index is 0.299. The number of fused-ring (bicyclic) bond motifs is 1. The molecule has 0 bridgehead atoms. The standard InChI is InChI=1S/C18H24N2O/c1-13-8-6-7-11-20(13)12-17(21)18-14(2)19(3)16-10-5-4-9-15(16)18/h4-5,9-10,13H,6-8,11-12H2,1-3H3/p+1/t13-/m1/s1. The second kappa shape index (κ2) is 5.64. The number of carbonyl (C=O) groups is 1. The average molecular weight is 285 g/mol. The van der Waals surface area contributed by atoms with Crippen LogP contribution < -0.4 is 4.90 Å². The predicted molar refractivity (Wildman–Crippen MR) is 86.0 cm³/mol. The lowest BCUT2D eigenvalue weighted by molar-refractivity contribution is -0.920. The molecule has 0 spiro atoms. The van der Waals surface area contributed by atoms with E-state index < -0.39 is 0 Å². The van der Waals surface area contributed by atoms with E-state index in [0.29, 0.717) is 18.4 Å². The molecule has 2 aromatic rings. The maximum atomic E-state index is 12.9. The Balaban J connectivity index is 1.93. The molecule has 0 amide bonds. The molecule has 1 aromatic heterocycles. The molecule has 1 N–H and O–H groups in total. The average Bonchev–Trinajstić information content (AvgIpc) is 2.74. The van der Waals surface area contributed by atoms with Gasteiger partial charge in [-0.25, -0.2) is 0 Å². The van der Waals surface area contributed by atoms with Crippen LogP contribution in [0.2, 0.25) is 0 Å². The summed E-state index contributed by atoms with van der Waals surface area (Å²) in [6, 6.07) is 8.83. The summed E-state index contributed by atoms with van der Waals surface area (Å²) in [5.41, 5.74) is 3.17. The van der Waals surface area contributed by atoms with Gasteiger partial charge >= 0.3 is 0 Å². The summed E-state index contributed by atoms with van der Waals surface area (Å²) in [6.45, 7) is 6.10. The SMILES string of the molecule is Cc1c(C(=O)C[NH+]2CCCC[C@H]2C)c2ccccc2n1C. The zero-order valence-corrected chi connectivity index (χ0v) is 13.3. The van der Waals surface area contributed by atoms with Crippen LogP contribution in [-0.2, 0) is 7.05 Å². The molecule has 1 aromatic carbocycles. The van der Waals surface area contributed by atoms with Gasteiger partial charge in [0.15, 0.2) is 0 Å². The second-order valence-corrected chi connectivity index (χ2v) is 6.44. The molecule has 1 fully saturated rings. The molecule has 2 heterocycles.